The van der Waals surface area contributed by atoms with Gasteiger partial charge in [0, 0.05) is 16.5 Å². The predicted molar refractivity (Wildman–Crippen MR) is 93.4 cm³/mol. The number of hydrogen-bond acceptors (Lipinski definition) is 3. The number of benzene rings is 2. The Labute approximate surface area is 139 Å². The molecule has 2 aromatic carbocycles. The number of aromatic nitrogens is 1. The van der Waals surface area contributed by atoms with E-state index in [4.69, 9.17) is 21.3 Å². The van der Waals surface area contributed by atoms with Crippen LogP contribution in [0.4, 0.5) is 0 Å². The molecule has 3 rings (SSSR count). The molecule has 0 aliphatic carbocycles. The van der Waals surface area contributed by atoms with E-state index in [0.717, 1.165) is 27.6 Å². The number of ether oxygens (including phenoxy) is 1. The first-order valence-corrected chi connectivity index (χ1v) is 7.65. The Bertz CT molecular complexity index is 919. The number of carbonyl (C=O) groups is 1. The normalized spacial score (nSPS) is 10.8. The number of pyridine rings is 1. The van der Waals surface area contributed by atoms with Crippen LogP contribution in [-0.4, -0.2) is 17.3 Å². The van der Waals surface area contributed by atoms with Crippen molar-refractivity contribution in [3.8, 4) is 17.0 Å². The summed E-state index contributed by atoms with van der Waals surface area (Å²) in [5.41, 5.74) is 4.91. The van der Waals surface area contributed by atoms with Gasteiger partial charge >= 0.3 is 0 Å². The average Bonchev–Trinajstić information content (AvgIpc) is 2.57. The zero-order chi connectivity index (χ0) is 16.6. The van der Waals surface area contributed by atoms with E-state index in [2.05, 4.69) is 0 Å². The maximum atomic E-state index is 11.9. The van der Waals surface area contributed by atoms with Gasteiger partial charge in [0.15, 0.2) is 0 Å². The van der Waals surface area contributed by atoms with Crippen molar-refractivity contribution in [3.05, 3.63) is 59.2 Å². The largest absolute Gasteiger partial charge is 0.496 e. The Morgan fingerprint density at radius 3 is 2.57 bits per heavy atom. The van der Waals surface area contributed by atoms with Crippen molar-refractivity contribution in [1.29, 1.82) is 0 Å². The van der Waals surface area contributed by atoms with Crippen molar-refractivity contribution in [2.45, 2.75) is 13.8 Å². The first-order valence-electron chi connectivity index (χ1n) is 7.27. The lowest BCUT2D eigenvalue weighted by Crippen LogP contribution is -1.99. The van der Waals surface area contributed by atoms with Crippen LogP contribution in [0.15, 0.2) is 42.5 Å². The fourth-order valence-electron chi connectivity index (χ4n) is 2.69. The summed E-state index contributed by atoms with van der Waals surface area (Å²) in [5.74, 6) is 0.706. The summed E-state index contributed by atoms with van der Waals surface area (Å²) in [4.78, 5) is 16.7. The van der Waals surface area contributed by atoms with Crippen molar-refractivity contribution in [2.24, 2.45) is 0 Å². The first-order chi connectivity index (χ1) is 11.0. The third kappa shape index (κ3) is 2.68. The van der Waals surface area contributed by atoms with E-state index in [-0.39, 0.29) is 0 Å². The molecule has 0 fully saturated rings. The lowest BCUT2D eigenvalue weighted by molar-refractivity contribution is 0.108. The van der Waals surface area contributed by atoms with Gasteiger partial charge in [-0.15, -0.1) is 0 Å². The van der Waals surface area contributed by atoms with Crippen molar-refractivity contribution in [1.82, 2.24) is 4.98 Å². The summed E-state index contributed by atoms with van der Waals surface area (Å²) < 4.78 is 5.41. The predicted octanol–water partition coefficient (Wildman–Crippen LogP) is 4.91. The molecule has 4 heteroatoms. The van der Waals surface area contributed by atoms with Crippen LogP contribution in [-0.2, 0) is 0 Å². The molecular weight excluding hydrogens is 310 g/mol. The molecule has 0 amide bonds. The molecule has 0 N–H and O–H groups in total. The standard InChI is InChI=1S/C19H16ClNO2/c1-11-8-9-13-15(19(20)22)10-16(21-18(13)12(11)2)14-6-4-5-7-17(14)23-3/h4-10H,1-3H3. The van der Waals surface area contributed by atoms with Gasteiger partial charge in [0.25, 0.3) is 5.24 Å². The molecule has 0 bridgehead atoms. The zero-order valence-corrected chi connectivity index (χ0v) is 13.9. The van der Waals surface area contributed by atoms with Crippen LogP contribution >= 0.6 is 11.6 Å². The Morgan fingerprint density at radius 2 is 1.87 bits per heavy atom. The van der Waals surface area contributed by atoms with Crippen LogP contribution in [0.3, 0.4) is 0 Å². The third-order valence-corrected chi connectivity index (χ3v) is 4.30. The number of methoxy groups -OCH3 is 1. The molecule has 3 aromatic rings. The second-order valence-electron chi connectivity index (χ2n) is 5.43. The quantitative estimate of drug-likeness (QED) is 0.642. The molecule has 23 heavy (non-hydrogen) atoms. The summed E-state index contributed by atoms with van der Waals surface area (Å²) in [5, 5.41) is 0.281. The number of aryl methyl sites for hydroxylation is 2. The summed E-state index contributed by atoms with van der Waals surface area (Å²) in [7, 11) is 1.61. The molecule has 3 nitrogen and oxygen atoms in total. The van der Waals surface area contributed by atoms with E-state index in [1.807, 2.05) is 50.2 Å². The van der Waals surface area contributed by atoms with Gasteiger partial charge in [-0.25, -0.2) is 4.98 Å². The highest BCUT2D eigenvalue weighted by Crippen LogP contribution is 2.33. The van der Waals surface area contributed by atoms with Gasteiger partial charge in [-0.3, -0.25) is 4.79 Å². The fraction of sp³-hybridized carbons (Fsp3) is 0.158. The number of rotatable bonds is 3. The molecule has 0 unspecified atom stereocenters. The first kappa shape index (κ1) is 15.5. The lowest BCUT2D eigenvalue weighted by atomic mass is 9.99. The van der Waals surface area contributed by atoms with Gasteiger partial charge in [-0.2, -0.15) is 0 Å². The highest BCUT2D eigenvalue weighted by Gasteiger charge is 2.16. The van der Waals surface area contributed by atoms with Crippen LogP contribution in [0.2, 0.25) is 0 Å². The number of fused-ring (bicyclic) bond motifs is 1. The molecule has 116 valence electrons. The average molecular weight is 326 g/mol. The molecule has 0 saturated carbocycles. The van der Waals surface area contributed by atoms with Gasteiger partial charge < -0.3 is 4.74 Å². The molecule has 0 aliphatic heterocycles. The smallest absolute Gasteiger partial charge is 0.253 e. The SMILES string of the molecule is COc1ccccc1-c1cc(C(=O)Cl)c2ccc(C)c(C)c2n1. The molecule has 0 atom stereocenters. The zero-order valence-electron chi connectivity index (χ0n) is 13.2. The monoisotopic (exact) mass is 325 g/mol. The molecule has 0 saturated heterocycles. The summed E-state index contributed by atoms with van der Waals surface area (Å²) in [6.45, 7) is 4.02. The van der Waals surface area contributed by atoms with Crippen molar-refractivity contribution < 1.29 is 9.53 Å². The van der Waals surface area contributed by atoms with Gasteiger partial charge in [0.2, 0.25) is 0 Å². The minimum atomic E-state index is -0.489. The van der Waals surface area contributed by atoms with E-state index >= 15 is 0 Å². The topological polar surface area (TPSA) is 39.2 Å². The third-order valence-electron chi connectivity index (χ3n) is 4.10. The van der Waals surface area contributed by atoms with E-state index in [1.54, 1.807) is 13.2 Å². The number of halogens is 1. The molecular formula is C19H16ClNO2. The van der Waals surface area contributed by atoms with Crippen molar-refractivity contribution in [3.63, 3.8) is 0 Å². The van der Waals surface area contributed by atoms with Crippen LogP contribution in [0.5, 0.6) is 5.75 Å². The van der Waals surface area contributed by atoms with Gasteiger partial charge in [0.05, 0.1) is 18.3 Å². The Kier molecular flexibility index (Phi) is 4.05. The van der Waals surface area contributed by atoms with E-state index < -0.39 is 5.24 Å². The minimum Gasteiger partial charge on any atom is -0.496 e. The number of carbonyl (C=O) groups excluding carboxylic acids is 1. The van der Waals surface area contributed by atoms with E-state index in [0.29, 0.717) is 17.0 Å². The van der Waals surface area contributed by atoms with Gasteiger partial charge in [-0.05, 0) is 54.8 Å². The summed E-state index contributed by atoms with van der Waals surface area (Å²) in [6, 6.07) is 13.2. The van der Waals surface area contributed by atoms with Crippen LogP contribution in [0.1, 0.15) is 21.5 Å². The maximum absolute atomic E-state index is 11.9. The number of hydrogen-bond donors (Lipinski definition) is 0. The molecule has 0 spiro atoms. The van der Waals surface area contributed by atoms with Crippen LogP contribution < -0.4 is 4.74 Å². The molecule has 0 aliphatic rings. The number of para-hydroxylation sites is 1. The lowest BCUT2D eigenvalue weighted by Gasteiger charge is -2.12. The summed E-state index contributed by atoms with van der Waals surface area (Å²) in [6.07, 6.45) is 0. The highest BCUT2D eigenvalue weighted by molar-refractivity contribution is 6.68. The Balaban J connectivity index is 2.39. The highest BCUT2D eigenvalue weighted by atomic mass is 35.5. The Morgan fingerprint density at radius 1 is 1.13 bits per heavy atom. The molecule has 0 radical (unpaired) electrons. The number of nitrogens with zero attached hydrogens (tertiary/aromatic N) is 1. The van der Waals surface area contributed by atoms with Crippen molar-refractivity contribution >= 4 is 27.7 Å². The van der Waals surface area contributed by atoms with Crippen molar-refractivity contribution in [2.75, 3.05) is 7.11 Å². The molecule has 1 aromatic heterocycles. The molecule has 1 heterocycles. The maximum Gasteiger partial charge on any atom is 0.253 e. The van der Waals surface area contributed by atoms with Crippen LogP contribution in [0, 0.1) is 13.8 Å². The second kappa shape index (κ2) is 6.01. The van der Waals surface area contributed by atoms with Crippen LogP contribution in [0.25, 0.3) is 22.2 Å². The fourth-order valence-corrected chi connectivity index (χ4v) is 2.84. The van der Waals surface area contributed by atoms with Gasteiger partial charge in [0.1, 0.15) is 5.75 Å². The van der Waals surface area contributed by atoms with E-state index in [1.165, 1.54) is 0 Å². The van der Waals surface area contributed by atoms with Gasteiger partial charge in [-0.1, -0.05) is 24.3 Å². The van der Waals surface area contributed by atoms with E-state index in [9.17, 15) is 4.79 Å². The second-order valence-corrected chi connectivity index (χ2v) is 5.78. The minimum absolute atomic E-state index is 0.459. The Hall–Kier alpha value is -2.39. The summed E-state index contributed by atoms with van der Waals surface area (Å²) >= 11 is 5.81.